The van der Waals surface area contributed by atoms with Crippen LogP contribution in [0.4, 0.5) is 0 Å². The van der Waals surface area contributed by atoms with Crippen LogP contribution in [0.5, 0.6) is 0 Å². The molecule has 0 bridgehead atoms. The molecule has 120 heavy (non-hydrogen) atoms. The summed E-state index contributed by atoms with van der Waals surface area (Å²) in [5, 5.41) is 18.2. The van der Waals surface area contributed by atoms with Crippen molar-refractivity contribution in [3.8, 4) is 45.0 Å². The van der Waals surface area contributed by atoms with Crippen LogP contribution in [0.3, 0.4) is 0 Å². The molecule has 0 atom stereocenters. The minimum atomic E-state index is -1.45. The summed E-state index contributed by atoms with van der Waals surface area (Å²) in [7, 11) is 8.37. The van der Waals surface area contributed by atoms with Crippen molar-refractivity contribution in [2.24, 2.45) is 39.0 Å². The van der Waals surface area contributed by atoms with E-state index in [-0.39, 0.29) is 5.41 Å². The molecule has 0 spiro atoms. The summed E-state index contributed by atoms with van der Waals surface area (Å²) < 4.78 is 51.6. The second-order valence-electron chi connectivity index (χ2n) is 35.8. The second-order valence-corrected chi connectivity index (χ2v) is 35.8. The highest BCUT2D eigenvalue weighted by molar-refractivity contribution is 6.15. The normalized spacial score (nSPS) is 12.4. The van der Waals surface area contributed by atoms with Crippen molar-refractivity contribution < 1.29 is 38.7 Å². The maximum absolute atomic E-state index is 8.71. The first-order valence-corrected chi connectivity index (χ1v) is 42.1. The number of furan rings is 4. The SMILES string of the molecule is CCCc1ccc2c(-c3c(C)ccc4c3oc3nc(C)ccc34)[n+](C)ccc2c1.Cc1ccc2c(n1)oc1c(-c3c4ccc(C(C)C)cc4cc[n+]3C)c(C)ccc12.Cc1ccc2c(n1)oc1c(-c3c4ccc(CC(C)(C)C)cc4cc[n+]3C)c(C)ccc12.[2H]C([2H])(c1ccc2c(-c3c(C)ccc4c3oc3nc(C)ccc34)[n+](C)ccc2c1)C(C)(C)C. The van der Waals surface area contributed by atoms with Crippen LogP contribution < -0.4 is 18.3 Å². The third-order valence-electron chi connectivity index (χ3n) is 23.5. The van der Waals surface area contributed by atoms with Gasteiger partial charge in [0.25, 0.3) is 0 Å². The van der Waals surface area contributed by atoms with Crippen LogP contribution in [0.25, 0.3) is 176 Å². The number of benzene rings is 8. The Morgan fingerprint density at radius 3 is 0.900 bits per heavy atom. The maximum atomic E-state index is 8.71. The Labute approximate surface area is 705 Å². The van der Waals surface area contributed by atoms with Gasteiger partial charge in [0.1, 0.15) is 28.2 Å². The lowest BCUT2D eigenvalue weighted by Crippen LogP contribution is -2.30. The van der Waals surface area contributed by atoms with Crippen molar-refractivity contribution in [2.45, 2.75) is 149 Å². The molecule has 12 heteroatoms. The molecular weight excluding hydrogens is 1470 g/mol. The van der Waals surface area contributed by atoms with Crippen LogP contribution in [-0.2, 0) is 47.4 Å². The van der Waals surface area contributed by atoms with E-state index in [1.54, 1.807) is 0 Å². The average molecular weight is 1580 g/mol. The highest BCUT2D eigenvalue weighted by atomic mass is 16.4. The first-order chi connectivity index (χ1) is 58.2. The number of rotatable bonds is 9. The summed E-state index contributed by atoms with van der Waals surface area (Å²) >= 11 is 0. The lowest BCUT2D eigenvalue weighted by atomic mass is 9.87. The fraction of sp³-hybridized carbons (Fsp3) is 0.259. The zero-order valence-electron chi connectivity index (χ0n) is 75.2. The van der Waals surface area contributed by atoms with Crippen molar-refractivity contribution in [1.82, 2.24) is 19.9 Å². The van der Waals surface area contributed by atoms with Gasteiger partial charge in [-0.15, -0.1) is 0 Å². The Hall–Kier alpha value is -12.8. The standard InChI is InChI=1S/2C28H29N2O.2C26H25N2O/c2*1-17-7-10-22-23-11-8-18(2)29-27(23)31-26(22)24(17)25-21-12-9-19(16-28(3,4)5)15-20(21)13-14-30(25)6;1-15(2)18-8-11-20-19(14-18)12-13-28(5)24(20)23-16(3)6-9-21-22-10-7-17(4)27-26(22)29-25(21)23;1-5-6-18-9-12-20-19(15-18)13-14-28(4)24(20)23-16(2)7-10-21-22-11-8-17(3)27-26(22)29-25(21)23/h2*7-15H,16H2,1-6H3;6-15H,1-5H3;7-15H,5-6H2,1-4H3/q4*+1/i16D2;;;. The summed E-state index contributed by atoms with van der Waals surface area (Å²) in [6.07, 6.45) is 10.4. The van der Waals surface area contributed by atoms with Crippen LogP contribution in [0.2, 0.25) is 0 Å². The zero-order valence-corrected chi connectivity index (χ0v) is 73.2. The number of aromatic nitrogens is 8. The third-order valence-corrected chi connectivity index (χ3v) is 23.5. The highest BCUT2D eigenvalue weighted by Crippen LogP contribution is 2.45. The summed E-state index contributed by atoms with van der Waals surface area (Å²) in [6, 6.07) is 69.0. The Balaban J connectivity index is 0.000000116. The quantitative estimate of drug-likeness (QED) is 0.131. The fourth-order valence-corrected chi connectivity index (χ4v) is 17.7. The zero-order chi connectivity index (χ0) is 86.0. The maximum Gasteiger partial charge on any atom is 0.227 e. The lowest BCUT2D eigenvalue weighted by Gasteiger charge is -2.18. The molecule has 0 fully saturated rings. The van der Waals surface area contributed by atoms with Crippen LogP contribution in [0.15, 0.2) is 237 Å². The molecule has 0 unspecified atom stereocenters. The Morgan fingerprint density at radius 1 is 0.317 bits per heavy atom. The van der Waals surface area contributed by atoms with Gasteiger partial charge in [-0.3, -0.25) is 0 Å². The number of nitrogens with zero attached hydrogens (tertiary/aromatic N) is 8. The largest absolute Gasteiger partial charge is 0.437 e. The minimum absolute atomic E-state index is 0.261. The van der Waals surface area contributed by atoms with Crippen LogP contribution in [-0.4, -0.2) is 19.9 Å². The van der Waals surface area contributed by atoms with Gasteiger partial charge in [-0.2, -0.15) is 0 Å². The van der Waals surface area contributed by atoms with Gasteiger partial charge < -0.3 is 17.7 Å². The van der Waals surface area contributed by atoms with E-state index in [9.17, 15) is 0 Å². The molecule has 0 amide bonds. The summed E-state index contributed by atoms with van der Waals surface area (Å²) in [4.78, 5) is 18.5. The lowest BCUT2D eigenvalue weighted by molar-refractivity contribution is -0.659. The summed E-state index contributed by atoms with van der Waals surface area (Å²) in [5.74, 6) is 0.506. The van der Waals surface area contributed by atoms with Crippen LogP contribution in [0, 0.1) is 66.2 Å². The Morgan fingerprint density at radius 2 is 0.592 bits per heavy atom. The first-order valence-electron chi connectivity index (χ1n) is 43.1. The molecule has 0 aliphatic carbocycles. The second kappa shape index (κ2) is 31.2. The predicted molar refractivity (Wildman–Crippen MR) is 495 cm³/mol. The van der Waals surface area contributed by atoms with Gasteiger partial charge in [-0.05, 0) is 230 Å². The average Bonchev–Trinajstić information content (AvgIpc) is 1.49. The molecule has 8 aromatic carbocycles. The molecule has 0 aliphatic heterocycles. The molecule has 12 nitrogen and oxygen atoms in total. The molecule has 20 aromatic rings. The molecule has 0 radical (unpaired) electrons. The first kappa shape index (κ1) is 77.1. The molecule has 0 aliphatic rings. The van der Waals surface area contributed by atoms with Crippen LogP contribution in [0.1, 0.15) is 145 Å². The van der Waals surface area contributed by atoms with E-state index in [0.717, 1.165) is 152 Å². The molecule has 20 rings (SSSR count). The molecule has 0 saturated heterocycles. The van der Waals surface area contributed by atoms with Crippen molar-refractivity contribution in [2.75, 3.05) is 0 Å². The fourth-order valence-electron chi connectivity index (χ4n) is 17.7. The highest BCUT2D eigenvalue weighted by Gasteiger charge is 2.30. The number of hydrogen-bond acceptors (Lipinski definition) is 8. The number of pyridine rings is 8. The summed E-state index contributed by atoms with van der Waals surface area (Å²) in [6.45, 7) is 35.9. The topological polar surface area (TPSA) is 120 Å². The smallest absolute Gasteiger partial charge is 0.227 e. The molecule has 0 saturated carbocycles. The van der Waals surface area contributed by atoms with Crippen molar-refractivity contribution in [1.29, 1.82) is 0 Å². The van der Waals surface area contributed by atoms with Crippen LogP contribution >= 0.6 is 0 Å². The number of hydrogen-bond donors (Lipinski definition) is 0. The predicted octanol–water partition coefficient (Wildman–Crippen LogP) is 26.2. The minimum Gasteiger partial charge on any atom is -0.437 e. The summed E-state index contributed by atoms with van der Waals surface area (Å²) in [5.41, 5.74) is 28.5. The van der Waals surface area contributed by atoms with Gasteiger partial charge in [0.15, 0.2) is 47.1 Å². The van der Waals surface area contributed by atoms with E-state index >= 15 is 0 Å². The third kappa shape index (κ3) is 15.0. The number of aryl methyl sites for hydroxylation is 13. The molecule has 600 valence electrons. The van der Waals surface area contributed by atoms with Gasteiger partial charge in [-0.1, -0.05) is 166 Å². The van der Waals surface area contributed by atoms with E-state index < -0.39 is 11.8 Å². The van der Waals surface area contributed by atoms with Gasteiger partial charge in [-0.25, -0.2) is 38.2 Å². The monoisotopic (exact) mass is 1580 g/mol. The van der Waals surface area contributed by atoms with Gasteiger partial charge in [0.2, 0.25) is 45.6 Å². The van der Waals surface area contributed by atoms with E-state index in [1.807, 2.05) is 104 Å². The van der Waals surface area contributed by atoms with E-state index in [0.29, 0.717) is 34.3 Å². The van der Waals surface area contributed by atoms with E-state index in [2.05, 4.69) is 299 Å². The molecule has 12 aromatic heterocycles. The Bertz CT molecular complexity index is 7630. The molecular formula is C108H108N8O4+4. The Kier molecular flexibility index (Phi) is 20.0. The van der Waals surface area contributed by atoms with Crippen molar-refractivity contribution >= 4 is 131 Å². The van der Waals surface area contributed by atoms with Gasteiger partial charge >= 0.3 is 0 Å². The number of fused-ring (bicyclic) bond motifs is 16. The van der Waals surface area contributed by atoms with E-state index in [1.165, 1.54) is 82.8 Å². The van der Waals surface area contributed by atoms with E-state index in [4.69, 9.17) is 20.4 Å². The molecule has 12 heterocycles. The van der Waals surface area contributed by atoms with Gasteiger partial charge in [0, 0.05) is 92.9 Å². The van der Waals surface area contributed by atoms with Crippen molar-refractivity contribution in [3.05, 3.63) is 286 Å². The van der Waals surface area contributed by atoms with Crippen molar-refractivity contribution in [3.63, 3.8) is 0 Å². The molecule has 0 N–H and O–H groups in total. The van der Waals surface area contributed by atoms with Gasteiger partial charge in [0.05, 0.1) is 43.8 Å².